The molecular formula is C36H68O10. The van der Waals surface area contributed by atoms with Gasteiger partial charge in [-0.05, 0) is 12.8 Å². The van der Waals surface area contributed by atoms with Crippen LogP contribution in [0.25, 0.3) is 0 Å². The lowest BCUT2D eigenvalue weighted by atomic mass is 9.99. The molecule has 1 aliphatic heterocycles. The van der Waals surface area contributed by atoms with Gasteiger partial charge in [0.2, 0.25) is 0 Å². The average Bonchev–Trinajstić information content (AvgIpc) is 3.05. The SMILES string of the molecule is CCCCCCCCCCCCCCCCCCCCCC(=O)OC(COC(=O)CCCC)COC1OC(CO)C(O)C(O)C1O. The van der Waals surface area contributed by atoms with Crippen LogP contribution in [-0.4, -0.2) is 89.0 Å². The van der Waals surface area contributed by atoms with Gasteiger partial charge in [-0.2, -0.15) is 0 Å². The molecular weight excluding hydrogens is 592 g/mol. The van der Waals surface area contributed by atoms with Crippen molar-refractivity contribution in [2.75, 3.05) is 19.8 Å². The van der Waals surface area contributed by atoms with Crippen LogP contribution in [0.3, 0.4) is 0 Å². The third-order valence-electron chi connectivity index (χ3n) is 8.74. The number of esters is 2. The number of hydrogen-bond donors (Lipinski definition) is 4. The molecule has 0 aromatic heterocycles. The Kier molecular flexibility index (Phi) is 26.6. The summed E-state index contributed by atoms with van der Waals surface area (Å²) >= 11 is 0. The molecule has 0 radical (unpaired) electrons. The molecule has 4 N–H and O–H groups in total. The Hall–Kier alpha value is -1.30. The topological polar surface area (TPSA) is 152 Å². The van der Waals surface area contributed by atoms with Gasteiger partial charge in [0.25, 0.3) is 0 Å². The summed E-state index contributed by atoms with van der Waals surface area (Å²) < 4.78 is 21.7. The Morgan fingerprint density at radius 1 is 0.587 bits per heavy atom. The van der Waals surface area contributed by atoms with Crippen LogP contribution in [-0.2, 0) is 28.5 Å². The lowest BCUT2D eigenvalue weighted by molar-refractivity contribution is -0.305. The molecule has 1 fully saturated rings. The molecule has 272 valence electrons. The first-order valence-corrected chi connectivity index (χ1v) is 18.6. The molecule has 0 saturated carbocycles. The van der Waals surface area contributed by atoms with Crippen LogP contribution in [0.2, 0.25) is 0 Å². The fraction of sp³-hybridized carbons (Fsp3) is 0.944. The van der Waals surface area contributed by atoms with Crippen molar-refractivity contribution < 1.29 is 49.0 Å². The molecule has 6 atom stereocenters. The first-order chi connectivity index (χ1) is 22.3. The van der Waals surface area contributed by atoms with Crippen molar-refractivity contribution >= 4 is 11.9 Å². The average molecular weight is 661 g/mol. The van der Waals surface area contributed by atoms with Gasteiger partial charge in [0.1, 0.15) is 31.0 Å². The van der Waals surface area contributed by atoms with Crippen LogP contribution in [0.4, 0.5) is 0 Å². The number of carbonyl (C=O) groups is 2. The first kappa shape index (κ1) is 42.7. The standard InChI is InChI=1S/C36H68O10/c1-3-5-7-8-9-10-11-12-13-14-15-16-17-18-19-20-21-22-23-25-32(39)45-29(27-43-31(38)24-6-4-2)28-44-36-35(42)34(41)33(40)30(26-37)46-36/h29-30,33-37,40-42H,3-28H2,1-2H3. The number of aliphatic hydroxyl groups is 4. The number of rotatable bonds is 30. The number of aliphatic hydroxyl groups excluding tert-OH is 4. The summed E-state index contributed by atoms with van der Waals surface area (Å²) in [5.41, 5.74) is 0. The summed E-state index contributed by atoms with van der Waals surface area (Å²) in [5.74, 6) is -0.839. The van der Waals surface area contributed by atoms with Gasteiger partial charge in [-0.1, -0.05) is 136 Å². The maximum absolute atomic E-state index is 12.6. The molecule has 0 aromatic carbocycles. The third-order valence-corrected chi connectivity index (χ3v) is 8.74. The molecule has 1 heterocycles. The van der Waals surface area contributed by atoms with Crippen LogP contribution in [0.1, 0.15) is 162 Å². The van der Waals surface area contributed by atoms with Gasteiger partial charge in [0.15, 0.2) is 12.4 Å². The highest BCUT2D eigenvalue weighted by atomic mass is 16.7. The highest BCUT2D eigenvalue weighted by molar-refractivity contribution is 5.70. The Balaban J connectivity index is 2.19. The van der Waals surface area contributed by atoms with Gasteiger partial charge in [-0.15, -0.1) is 0 Å². The molecule has 10 nitrogen and oxygen atoms in total. The van der Waals surface area contributed by atoms with Crippen LogP contribution in [0, 0.1) is 0 Å². The van der Waals surface area contributed by atoms with Gasteiger partial charge in [-0.3, -0.25) is 9.59 Å². The monoisotopic (exact) mass is 660 g/mol. The van der Waals surface area contributed by atoms with E-state index < -0.39 is 55.4 Å². The molecule has 0 bridgehead atoms. The largest absolute Gasteiger partial charge is 0.462 e. The van der Waals surface area contributed by atoms with Crippen molar-refractivity contribution in [3.63, 3.8) is 0 Å². The molecule has 1 aliphatic rings. The second-order valence-corrected chi connectivity index (χ2v) is 13.0. The van der Waals surface area contributed by atoms with E-state index in [2.05, 4.69) is 6.92 Å². The summed E-state index contributed by atoms with van der Waals surface area (Å²) in [5, 5.41) is 39.6. The molecule has 46 heavy (non-hydrogen) atoms. The summed E-state index contributed by atoms with van der Waals surface area (Å²) in [7, 11) is 0. The van der Waals surface area contributed by atoms with Crippen molar-refractivity contribution in [3.8, 4) is 0 Å². The molecule has 0 aromatic rings. The smallest absolute Gasteiger partial charge is 0.306 e. The van der Waals surface area contributed by atoms with Gasteiger partial charge >= 0.3 is 11.9 Å². The highest BCUT2D eigenvalue weighted by Gasteiger charge is 2.44. The van der Waals surface area contributed by atoms with E-state index in [4.69, 9.17) is 18.9 Å². The predicted molar refractivity (Wildman–Crippen MR) is 178 cm³/mol. The summed E-state index contributed by atoms with van der Waals surface area (Å²) in [6.45, 7) is 3.16. The van der Waals surface area contributed by atoms with Crippen molar-refractivity contribution in [1.29, 1.82) is 0 Å². The number of carbonyl (C=O) groups excluding carboxylic acids is 2. The van der Waals surface area contributed by atoms with Gasteiger partial charge in [0, 0.05) is 12.8 Å². The Labute approximate surface area is 278 Å². The molecule has 6 unspecified atom stereocenters. The fourth-order valence-corrected chi connectivity index (χ4v) is 5.70. The summed E-state index contributed by atoms with van der Waals surface area (Å²) in [6, 6.07) is 0. The summed E-state index contributed by atoms with van der Waals surface area (Å²) in [4.78, 5) is 24.6. The predicted octanol–water partition coefficient (Wildman–Crippen LogP) is 6.27. The minimum Gasteiger partial charge on any atom is -0.462 e. The second-order valence-electron chi connectivity index (χ2n) is 13.0. The van der Waals surface area contributed by atoms with E-state index in [-0.39, 0.29) is 26.1 Å². The lowest BCUT2D eigenvalue weighted by Crippen LogP contribution is -2.59. The quantitative estimate of drug-likeness (QED) is 0.0512. The van der Waals surface area contributed by atoms with Gasteiger partial charge in [-0.25, -0.2) is 0 Å². The molecule has 10 heteroatoms. The second kappa shape index (κ2) is 28.7. The van der Waals surface area contributed by atoms with E-state index in [9.17, 15) is 30.0 Å². The van der Waals surface area contributed by atoms with Gasteiger partial charge < -0.3 is 39.4 Å². The normalized spacial score (nSPS) is 22.1. The molecule has 0 aliphatic carbocycles. The molecule has 1 saturated heterocycles. The number of hydrogen-bond acceptors (Lipinski definition) is 10. The van der Waals surface area contributed by atoms with Crippen molar-refractivity contribution in [2.24, 2.45) is 0 Å². The van der Waals surface area contributed by atoms with E-state index >= 15 is 0 Å². The van der Waals surface area contributed by atoms with Crippen LogP contribution < -0.4 is 0 Å². The molecule has 1 rings (SSSR count). The zero-order chi connectivity index (χ0) is 33.8. The van der Waals surface area contributed by atoms with E-state index in [1.165, 1.54) is 96.3 Å². The van der Waals surface area contributed by atoms with E-state index in [0.29, 0.717) is 12.8 Å². The minimum absolute atomic E-state index is 0.217. The third kappa shape index (κ3) is 20.8. The Bertz CT molecular complexity index is 734. The van der Waals surface area contributed by atoms with Crippen molar-refractivity contribution in [3.05, 3.63) is 0 Å². The Morgan fingerprint density at radius 3 is 1.52 bits per heavy atom. The lowest BCUT2D eigenvalue weighted by Gasteiger charge is -2.39. The van der Waals surface area contributed by atoms with Gasteiger partial charge in [0.05, 0.1) is 13.2 Å². The van der Waals surface area contributed by atoms with Crippen molar-refractivity contribution in [1.82, 2.24) is 0 Å². The number of unbranched alkanes of at least 4 members (excludes halogenated alkanes) is 19. The zero-order valence-corrected chi connectivity index (χ0v) is 29.1. The van der Waals surface area contributed by atoms with E-state index in [1.54, 1.807) is 0 Å². The van der Waals surface area contributed by atoms with E-state index in [0.717, 1.165) is 25.7 Å². The van der Waals surface area contributed by atoms with Crippen LogP contribution in [0.5, 0.6) is 0 Å². The zero-order valence-electron chi connectivity index (χ0n) is 29.1. The maximum atomic E-state index is 12.6. The molecule has 0 spiro atoms. The fourth-order valence-electron chi connectivity index (χ4n) is 5.70. The maximum Gasteiger partial charge on any atom is 0.306 e. The molecule has 0 amide bonds. The number of ether oxygens (including phenoxy) is 4. The van der Waals surface area contributed by atoms with Crippen molar-refractivity contribution in [2.45, 2.75) is 198 Å². The van der Waals surface area contributed by atoms with E-state index in [1.807, 2.05) is 6.92 Å². The first-order valence-electron chi connectivity index (χ1n) is 18.6. The highest BCUT2D eigenvalue weighted by Crippen LogP contribution is 2.22. The summed E-state index contributed by atoms with van der Waals surface area (Å²) in [6.07, 6.45) is 18.2. The van der Waals surface area contributed by atoms with Crippen LogP contribution in [0.15, 0.2) is 0 Å². The Morgan fingerprint density at radius 2 is 1.04 bits per heavy atom. The van der Waals surface area contributed by atoms with Crippen LogP contribution >= 0.6 is 0 Å². The minimum atomic E-state index is -1.59.